The number of aromatic amines is 1. The lowest BCUT2D eigenvalue weighted by molar-refractivity contribution is 0.308. The summed E-state index contributed by atoms with van der Waals surface area (Å²) < 4.78 is 20.2. The van der Waals surface area contributed by atoms with Crippen molar-refractivity contribution in [3.8, 4) is 16.9 Å². The molecule has 0 spiro atoms. The number of nitrogens with zero attached hydrogens (tertiary/aromatic N) is 6. The second kappa shape index (κ2) is 9.98. The maximum Gasteiger partial charge on any atom is 0.177 e. The molecule has 41 heavy (non-hydrogen) atoms. The van der Waals surface area contributed by atoms with Gasteiger partial charge in [-0.3, -0.25) is 0 Å². The molecule has 7 rings (SSSR count). The minimum atomic E-state index is -0.151. The van der Waals surface area contributed by atoms with Gasteiger partial charge in [0.2, 0.25) is 0 Å². The number of anilines is 1. The van der Waals surface area contributed by atoms with Crippen molar-refractivity contribution in [1.29, 1.82) is 0 Å². The summed E-state index contributed by atoms with van der Waals surface area (Å²) in [6, 6.07) is 8.45. The van der Waals surface area contributed by atoms with Gasteiger partial charge >= 0.3 is 0 Å². The van der Waals surface area contributed by atoms with Crippen LogP contribution in [-0.2, 0) is 25.9 Å². The summed E-state index contributed by atoms with van der Waals surface area (Å²) in [6.07, 6.45) is 9.96. The smallest absolute Gasteiger partial charge is 0.177 e. The summed E-state index contributed by atoms with van der Waals surface area (Å²) in [6.45, 7) is 9.24. The monoisotopic (exact) mass is 551 g/mol. The molecule has 3 aliphatic rings. The summed E-state index contributed by atoms with van der Waals surface area (Å²) in [7, 11) is 0. The summed E-state index contributed by atoms with van der Waals surface area (Å²) in [5.74, 6) is 3.30. The van der Waals surface area contributed by atoms with E-state index in [2.05, 4.69) is 58.0 Å². The Balaban J connectivity index is 1.24. The van der Waals surface area contributed by atoms with Gasteiger partial charge in [0.25, 0.3) is 0 Å². The molecule has 0 saturated carbocycles. The molecule has 0 radical (unpaired) electrons. The molecule has 1 N–H and O–H groups in total. The van der Waals surface area contributed by atoms with Crippen LogP contribution in [-0.4, -0.2) is 49.5 Å². The third-order valence-electron chi connectivity index (χ3n) is 8.21. The number of H-pyrrole nitrogens is 1. The molecule has 210 valence electrons. The van der Waals surface area contributed by atoms with Crippen LogP contribution in [0, 0.1) is 12.3 Å². The Bertz CT molecular complexity index is 1710. The van der Waals surface area contributed by atoms with E-state index in [1.165, 1.54) is 11.6 Å². The lowest BCUT2D eigenvalue weighted by Gasteiger charge is -2.34. The van der Waals surface area contributed by atoms with E-state index in [0.29, 0.717) is 19.7 Å². The Hall–Kier alpha value is -4.27. The van der Waals surface area contributed by atoms with Gasteiger partial charge in [0.05, 0.1) is 25.2 Å². The molecule has 1 aliphatic carbocycles. The van der Waals surface area contributed by atoms with Crippen LogP contribution in [0.4, 0.5) is 10.2 Å². The highest BCUT2D eigenvalue weighted by atomic mass is 19.1. The molecule has 0 amide bonds. The first-order valence-electron chi connectivity index (χ1n) is 14.3. The number of pyridine rings is 1. The van der Waals surface area contributed by atoms with Gasteiger partial charge in [0.15, 0.2) is 5.65 Å². The van der Waals surface area contributed by atoms with E-state index in [1.807, 2.05) is 24.2 Å². The molecular weight excluding hydrogens is 517 g/mol. The largest absolute Gasteiger partial charge is 0.491 e. The van der Waals surface area contributed by atoms with Gasteiger partial charge in [-0.25, -0.2) is 24.3 Å². The van der Waals surface area contributed by atoms with Crippen LogP contribution in [0.1, 0.15) is 48.7 Å². The topological polar surface area (TPSA) is 83.1 Å². The number of allylic oxidation sites excluding steroid dienone is 2. The fraction of sp³-hybridized carbons (Fsp3) is 0.375. The number of halogens is 1. The zero-order valence-corrected chi connectivity index (χ0v) is 23.7. The second-order valence-electron chi connectivity index (χ2n) is 12.1. The summed E-state index contributed by atoms with van der Waals surface area (Å²) >= 11 is 0. The normalized spacial score (nSPS) is 18.0. The van der Waals surface area contributed by atoms with Gasteiger partial charge in [-0.2, -0.15) is 0 Å². The van der Waals surface area contributed by atoms with Crippen LogP contribution in [0.3, 0.4) is 0 Å². The van der Waals surface area contributed by atoms with Gasteiger partial charge in [0, 0.05) is 41.3 Å². The number of fused-ring (bicyclic) bond motifs is 3. The Morgan fingerprint density at radius 1 is 1.10 bits per heavy atom. The third kappa shape index (κ3) is 5.16. The Morgan fingerprint density at radius 2 is 2.00 bits per heavy atom. The van der Waals surface area contributed by atoms with Gasteiger partial charge in [-0.15, -0.1) is 0 Å². The van der Waals surface area contributed by atoms with Crippen LogP contribution in [0.2, 0.25) is 0 Å². The van der Waals surface area contributed by atoms with Crippen molar-refractivity contribution >= 4 is 17.0 Å². The molecule has 0 bridgehead atoms. The third-order valence-corrected chi connectivity index (χ3v) is 8.21. The van der Waals surface area contributed by atoms with Crippen LogP contribution in [0.25, 0.3) is 22.3 Å². The van der Waals surface area contributed by atoms with E-state index in [4.69, 9.17) is 14.7 Å². The molecule has 0 saturated heterocycles. The van der Waals surface area contributed by atoms with Crippen LogP contribution in [0.5, 0.6) is 5.75 Å². The second-order valence-corrected chi connectivity index (χ2v) is 12.1. The number of hydrogen-bond acceptors (Lipinski definition) is 7. The molecule has 9 heteroatoms. The van der Waals surface area contributed by atoms with Gasteiger partial charge < -0.3 is 19.5 Å². The number of ether oxygens (including phenoxy) is 1. The van der Waals surface area contributed by atoms with E-state index in [-0.39, 0.29) is 17.8 Å². The zero-order chi connectivity index (χ0) is 28.1. The van der Waals surface area contributed by atoms with Crippen molar-refractivity contribution in [3.05, 3.63) is 83.1 Å². The fourth-order valence-corrected chi connectivity index (χ4v) is 6.10. The summed E-state index contributed by atoms with van der Waals surface area (Å²) in [4.78, 5) is 26.7. The number of imidazole rings is 1. The predicted molar refractivity (Wildman–Crippen MR) is 157 cm³/mol. The molecule has 2 aliphatic heterocycles. The zero-order valence-electron chi connectivity index (χ0n) is 23.7. The lowest BCUT2D eigenvalue weighted by Crippen LogP contribution is -2.32. The first kappa shape index (κ1) is 25.7. The Morgan fingerprint density at radius 3 is 2.88 bits per heavy atom. The average molecular weight is 552 g/mol. The number of aryl methyl sites for hydroxylation is 2. The minimum Gasteiger partial charge on any atom is -0.491 e. The van der Waals surface area contributed by atoms with E-state index < -0.39 is 0 Å². The van der Waals surface area contributed by atoms with Crippen molar-refractivity contribution in [2.45, 2.75) is 53.1 Å². The van der Waals surface area contributed by atoms with E-state index in [0.717, 1.165) is 82.6 Å². The maximum atomic E-state index is 14.0. The van der Waals surface area contributed by atoms with Crippen molar-refractivity contribution < 1.29 is 9.13 Å². The highest BCUT2D eigenvalue weighted by molar-refractivity contribution is 5.78. The number of nitrogens with one attached hydrogen (secondary N) is 1. The Labute approximate surface area is 239 Å². The van der Waals surface area contributed by atoms with E-state index in [9.17, 15) is 4.39 Å². The van der Waals surface area contributed by atoms with Gasteiger partial charge in [-0.1, -0.05) is 19.9 Å². The molecule has 8 nitrogen and oxygen atoms in total. The van der Waals surface area contributed by atoms with Crippen LogP contribution in [0.15, 0.2) is 54.6 Å². The van der Waals surface area contributed by atoms with E-state index >= 15 is 0 Å². The standard InChI is InChI=1S/C32H34FN7O/c1-20-35-27-14-22(16-34-30(27)36-20)21-6-7-28-23(13-21)17-40(11-12-41-28)31-25-15-32(2,3)9-8-26(25)37-29(38-31)19-39-10-4-5-24(33)18-39/h4-7,10,13-14,16H,8-9,11-12,15,17-19H2,1-3H3,(H,34,35,36). The first-order valence-corrected chi connectivity index (χ1v) is 14.3. The molecule has 3 aromatic heterocycles. The van der Waals surface area contributed by atoms with Crippen molar-refractivity contribution in [1.82, 2.24) is 29.8 Å². The molecule has 1 aromatic carbocycles. The van der Waals surface area contributed by atoms with Crippen molar-refractivity contribution in [2.75, 3.05) is 24.6 Å². The lowest BCUT2D eigenvalue weighted by atomic mass is 9.76. The number of aromatic nitrogens is 5. The molecule has 5 heterocycles. The number of rotatable bonds is 4. The highest BCUT2D eigenvalue weighted by Gasteiger charge is 2.32. The van der Waals surface area contributed by atoms with Crippen LogP contribution < -0.4 is 9.64 Å². The summed E-state index contributed by atoms with van der Waals surface area (Å²) in [5.41, 5.74) is 7.39. The number of hydrogen-bond donors (Lipinski definition) is 1. The van der Waals surface area contributed by atoms with Crippen LogP contribution >= 0.6 is 0 Å². The molecule has 0 fully saturated rings. The minimum absolute atomic E-state index is 0.151. The van der Waals surface area contributed by atoms with Gasteiger partial charge in [-0.05, 0) is 67.5 Å². The SMILES string of the molecule is Cc1nc2ncc(-c3ccc4c(c3)CN(c3nc(CN5C=CC=C(F)C5)nc5c3CC(C)(C)CC5)CCO4)cc2[nH]1. The van der Waals surface area contributed by atoms with E-state index in [1.54, 1.807) is 6.08 Å². The predicted octanol–water partition coefficient (Wildman–Crippen LogP) is 5.82. The van der Waals surface area contributed by atoms with Crippen molar-refractivity contribution in [2.24, 2.45) is 5.41 Å². The quantitative estimate of drug-likeness (QED) is 0.342. The molecule has 0 unspecified atom stereocenters. The highest BCUT2D eigenvalue weighted by Crippen LogP contribution is 2.39. The molecule has 0 atom stereocenters. The average Bonchev–Trinajstić information content (AvgIpc) is 3.18. The Kier molecular flexibility index (Phi) is 6.25. The van der Waals surface area contributed by atoms with Crippen molar-refractivity contribution in [3.63, 3.8) is 0 Å². The maximum absolute atomic E-state index is 14.0. The molecular formula is C32H34FN7O. The van der Waals surface area contributed by atoms with Gasteiger partial charge in [0.1, 0.15) is 35.6 Å². The fourth-order valence-electron chi connectivity index (χ4n) is 6.10. The summed E-state index contributed by atoms with van der Waals surface area (Å²) in [5, 5.41) is 0. The molecule has 4 aromatic rings. The number of benzene rings is 1. The first-order chi connectivity index (χ1) is 19.8.